The minimum Gasteiger partial charge on any atom is -0.463 e. The first-order valence-electron chi connectivity index (χ1n) is 7.24. The molecule has 0 bridgehead atoms. The third kappa shape index (κ3) is 6.60. The van der Waals surface area contributed by atoms with Gasteiger partial charge in [0.1, 0.15) is 0 Å². The number of ether oxygens (including phenoxy) is 2. The van der Waals surface area contributed by atoms with Crippen LogP contribution in [-0.4, -0.2) is 25.2 Å². The fraction of sp³-hybridized carbons (Fsp3) is 0.867. The lowest BCUT2D eigenvalue weighted by atomic mass is 9.71. The van der Waals surface area contributed by atoms with Crippen molar-refractivity contribution in [3.63, 3.8) is 0 Å². The van der Waals surface area contributed by atoms with Crippen LogP contribution in [0.5, 0.6) is 0 Å². The molecule has 110 valence electrons. The molecule has 0 saturated heterocycles. The van der Waals surface area contributed by atoms with Crippen LogP contribution in [0.1, 0.15) is 59.3 Å². The second-order valence-electron chi connectivity index (χ2n) is 6.15. The molecule has 1 aliphatic rings. The summed E-state index contributed by atoms with van der Waals surface area (Å²) in [6.07, 6.45) is 6.18. The molecule has 1 aliphatic carbocycles. The highest BCUT2D eigenvalue weighted by molar-refractivity contribution is 5.76. The fourth-order valence-corrected chi connectivity index (χ4v) is 2.72. The normalized spacial score (nSPS) is 21.7. The Kier molecular flexibility index (Phi) is 6.32. The van der Waals surface area contributed by atoms with E-state index >= 15 is 0 Å². The molecule has 0 radical (unpaired) electrons. The van der Waals surface area contributed by atoms with E-state index in [1.54, 1.807) is 6.92 Å². The zero-order chi connectivity index (χ0) is 14.3. The summed E-state index contributed by atoms with van der Waals surface area (Å²) >= 11 is 0. The summed E-state index contributed by atoms with van der Waals surface area (Å²) in [5.74, 6) is -0.169. The number of carbonyl (C=O) groups excluding carboxylic acids is 2. The summed E-state index contributed by atoms with van der Waals surface area (Å²) in [5.41, 5.74) is 0.420. The number of hydrogen-bond acceptors (Lipinski definition) is 4. The lowest BCUT2D eigenvalue weighted by molar-refractivity contribution is -0.158. The van der Waals surface area contributed by atoms with Gasteiger partial charge in [0.2, 0.25) is 0 Å². The highest BCUT2D eigenvalue weighted by atomic mass is 16.6. The van der Waals surface area contributed by atoms with E-state index in [2.05, 4.69) is 13.8 Å². The Morgan fingerprint density at radius 2 is 1.95 bits per heavy atom. The van der Waals surface area contributed by atoms with Crippen LogP contribution in [0.15, 0.2) is 0 Å². The minimum absolute atomic E-state index is 0.261. The first-order chi connectivity index (χ1) is 8.93. The van der Waals surface area contributed by atoms with Gasteiger partial charge < -0.3 is 9.47 Å². The van der Waals surface area contributed by atoms with Gasteiger partial charge in [0.25, 0.3) is 0 Å². The van der Waals surface area contributed by atoms with Crippen molar-refractivity contribution in [3.8, 4) is 0 Å². The smallest absolute Gasteiger partial charge is 0.344 e. The van der Waals surface area contributed by atoms with E-state index in [-0.39, 0.29) is 19.0 Å². The van der Waals surface area contributed by atoms with Gasteiger partial charge in [-0.25, -0.2) is 4.79 Å². The molecule has 4 heteroatoms. The lowest BCUT2D eigenvalue weighted by Gasteiger charge is -2.35. The standard InChI is InChI=1S/C15H26O4/c1-4-13(16)19-11-14(17)18-9-7-12-6-5-8-15(2,3)10-12/h12H,4-11H2,1-3H3/t12-/m1/s1. The van der Waals surface area contributed by atoms with Crippen molar-refractivity contribution >= 4 is 11.9 Å². The van der Waals surface area contributed by atoms with Gasteiger partial charge >= 0.3 is 11.9 Å². The Bertz CT molecular complexity index is 309. The summed E-state index contributed by atoms with van der Waals surface area (Å²) < 4.78 is 9.81. The first-order valence-corrected chi connectivity index (χ1v) is 7.24. The van der Waals surface area contributed by atoms with Crippen LogP contribution in [0.3, 0.4) is 0 Å². The molecule has 0 spiro atoms. The van der Waals surface area contributed by atoms with E-state index in [0.717, 1.165) is 6.42 Å². The van der Waals surface area contributed by atoms with E-state index in [1.165, 1.54) is 25.7 Å². The van der Waals surface area contributed by atoms with Gasteiger partial charge in [-0.2, -0.15) is 0 Å². The van der Waals surface area contributed by atoms with Crippen LogP contribution in [0, 0.1) is 11.3 Å². The van der Waals surface area contributed by atoms with E-state index in [1.807, 2.05) is 0 Å². The van der Waals surface area contributed by atoms with Gasteiger partial charge in [-0.3, -0.25) is 4.79 Å². The molecule has 0 unspecified atom stereocenters. The number of hydrogen-bond donors (Lipinski definition) is 0. The average molecular weight is 270 g/mol. The second kappa shape index (κ2) is 7.51. The van der Waals surface area contributed by atoms with Crippen LogP contribution in [0.25, 0.3) is 0 Å². The number of esters is 2. The Balaban J connectivity index is 2.12. The summed E-state index contributed by atoms with van der Waals surface area (Å²) in [6.45, 7) is 6.47. The van der Waals surface area contributed by atoms with Crippen molar-refractivity contribution in [2.24, 2.45) is 11.3 Å². The molecule has 0 N–H and O–H groups in total. The van der Waals surface area contributed by atoms with Crippen LogP contribution < -0.4 is 0 Å². The second-order valence-corrected chi connectivity index (χ2v) is 6.15. The van der Waals surface area contributed by atoms with E-state index in [4.69, 9.17) is 9.47 Å². The van der Waals surface area contributed by atoms with Crippen molar-refractivity contribution in [1.29, 1.82) is 0 Å². The summed E-state index contributed by atoms with van der Waals surface area (Å²) in [6, 6.07) is 0. The molecular formula is C15H26O4. The molecule has 0 aromatic rings. The molecular weight excluding hydrogens is 244 g/mol. The Morgan fingerprint density at radius 3 is 2.58 bits per heavy atom. The van der Waals surface area contributed by atoms with Crippen LogP contribution >= 0.6 is 0 Å². The van der Waals surface area contributed by atoms with Crippen molar-refractivity contribution in [2.45, 2.75) is 59.3 Å². The quantitative estimate of drug-likeness (QED) is 0.696. The third-order valence-corrected chi connectivity index (χ3v) is 3.74. The predicted octanol–water partition coefficient (Wildman–Crippen LogP) is 3.09. The van der Waals surface area contributed by atoms with E-state index < -0.39 is 5.97 Å². The minimum atomic E-state index is -0.447. The van der Waals surface area contributed by atoms with Gasteiger partial charge in [0.05, 0.1) is 6.61 Å². The molecule has 0 aromatic heterocycles. The van der Waals surface area contributed by atoms with Gasteiger partial charge in [0.15, 0.2) is 6.61 Å². The van der Waals surface area contributed by atoms with Crippen molar-refractivity contribution < 1.29 is 19.1 Å². The average Bonchev–Trinajstić information content (AvgIpc) is 2.34. The van der Waals surface area contributed by atoms with E-state index in [0.29, 0.717) is 17.9 Å². The number of rotatable bonds is 6. The van der Waals surface area contributed by atoms with Gasteiger partial charge in [-0.1, -0.05) is 33.6 Å². The zero-order valence-electron chi connectivity index (χ0n) is 12.4. The van der Waals surface area contributed by atoms with E-state index in [9.17, 15) is 9.59 Å². The Hall–Kier alpha value is -1.06. The van der Waals surface area contributed by atoms with Crippen molar-refractivity contribution in [3.05, 3.63) is 0 Å². The highest BCUT2D eigenvalue weighted by Crippen LogP contribution is 2.39. The molecule has 1 rings (SSSR count). The van der Waals surface area contributed by atoms with Crippen molar-refractivity contribution in [2.75, 3.05) is 13.2 Å². The summed E-state index contributed by atoms with van der Waals surface area (Å²) in [5, 5.41) is 0. The lowest BCUT2D eigenvalue weighted by Crippen LogP contribution is -2.24. The molecule has 0 aromatic carbocycles. The Morgan fingerprint density at radius 1 is 1.21 bits per heavy atom. The molecule has 0 aliphatic heterocycles. The summed E-state index contributed by atoms with van der Waals surface area (Å²) in [4.78, 5) is 22.2. The zero-order valence-corrected chi connectivity index (χ0v) is 12.4. The summed E-state index contributed by atoms with van der Waals surface area (Å²) in [7, 11) is 0. The fourth-order valence-electron chi connectivity index (χ4n) is 2.72. The monoisotopic (exact) mass is 270 g/mol. The third-order valence-electron chi connectivity index (χ3n) is 3.74. The number of carbonyl (C=O) groups is 2. The maximum atomic E-state index is 11.3. The molecule has 1 atom stereocenters. The van der Waals surface area contributed by atoms with Crippen LogP contribution in [-0.2, 0) is 19.1 Å². The topological polar surface area (TPSA) is 52.6 Å². The largest absolute Gasteiger partial charge is 0.463 e. The van der Waals surface area contributed by atoms with Crippen LogP contribution in [0.4, 0.5) is 0 Å². The highest BCUT2D eigenvalue weighted by Gasteiger charge is 2.27. The molecule has 0 amide bonds. The van der Waals surface area contributed by atoms with Gasteiger partial charge in [0, 0.05) is 6.42 Å². The SMILES string of the molecule is CCC(=O)OCC(=O)OCC[C@H]1CCCC(C)(C)C1. The first kappa shape index (κ1) is 16.0. The maximum absolute atomic E-state index is 11.3. The molecule has 4 nitrogen and oxygen atoms in total. The van der Waals surface area contributed by atoms with Gasteiger partial charge in [-0.05, 0) is 30.6 Å². The van der Waals surface area contributed by atoms with Gasteiger partial charge in [-0.15, -0.1) is 0 Å². The van der Waals surface area contributed by atoms with Crippen LogP contribution in [0.2, 0.25) is 0 Å². The predicted molar refractivity (Wildman–Crippen MR) is 72.6 cm³/mol. The molecule has 1 fully saturated rings. The maximum Gasteiger partial charge on any atom is 0.344 e. The molecule has 19 heavy (non-hydrogen) atoms. The molecule has 1 saturated carbocycles. The molecule has 0 heterocycles. The van der Waals surface area contributed by atoms with Crippen molar-refractivity contribution in [1.82, 2.24) is 0 Å². The Labute approximate surface area is 115 Å².